The summed E-state index contributed by atoms with van der Waals surface area (Å²) in [6, 6.07) is 0.378. The van der Waals surface area contributed by atoms with Crippen LogP contribution in [0.5, 0.6) is 0 Å². The first-order valence-corrected chi connectivity index (χ1v) is 4.86. The molecule has 4 heteroatoms. The van der Waals surface area contributed by atoms with Gasteiger partial charge in [-0.1, -0.05) is 13.8 Å². The van der Waals surface area contributed by atoms with E-state index in [2.05, 4.69) is 36.1 Å². The van der Waals surface area contributed by atoms with E-state index < -0.39 is 0 Å². The maximum Gasteiger partial charge on any atom is 0.221 e. The number of nitrogens with one attached hydrogen (secondary N) is 1. The van der Waals surface area contributed by atoms with Crippen molar-refractivity contribution in [3.8, 4) is 0 Å². The average molecular weight is 194 g/mol. The Labute approximate surface area is 85.0 Å². The molecular weight excluding hydrogens is 176 g/mol. The zero-order valence-corrected chi connectivity index (χ0v) is 9.20. The number of anilines is 2. The van der Waals surface area contributed by atoms with Gasteiger partial charge in [-0.15, -0.1) is 0 Å². The molecule has 14 heavy (non-hydrogen) atoms. The highest BCUT2D eigenvalue weighted by Gasteiger charge is 2.09. The highest BCUT2D eigenvalue weighted by atomic mass is 15.1. The third kappa shape index (κ3) is 2.58. The third-order valence-corrected chi connectivity index (χ3v) is 2.35. The first-order valence-electron chi connectivity index (χ1n) is 4.86. The zero-order valence-electron chi connectivity index (χ0n) is 9.20. The molecule has 0 fully saturated rings. The Morgan fingerprint density at radius 1 is 1.36 bits per heavy atom. The van der Waals surface area contributed by atoms with Crippen molar-refractivity contribution >= 4 is 11.8 Å². The molecule has 0 radical (unpaired) electrons. The smallest absolute Gasteiger partial charge is 0.221 e. The van der Waals surface area contributed by atoms with Crippen molar-refractivity contribution in [3.05, 3.63) is 11.8 Å². The Balaban J connectivity index is 2.80. The second kappa shape index (κ2) is 4.26. The van der Waals surface area contributed by atoms with Gasteiger partial charge in [0.25, 0.3) is 0 Å². The Morgan fingerprint density at radius 2 is 2.00 bits per heavy atom. The fourth-order valence-corrected chi connectivity index (χ4v) is 0.984. The molecule has 78 valence electrons. The van der Waals surface area contributed by atoms with Crippen LogP contribution in [-0.4, -0.2) is 16.0 Å². The number of hydrogen-bond acceptors (Lipinski definition) is 4. The Hall–Kier alpha value is -1.32. The summed E-state index contributed by atoms with van der Waals surface area (Å²) >= 11 is 0. The molecule has 0 amide bonds. The minimum atomic E-state index is 0.314. The molecule has 1 aromatic rings. The molecule has 0 aliphatic carbocycles. The SMILES string of the molecule is Cc1cnc(N)nc1NC(C)C(C)C. The highest BCUT2D eigenvalue weighted by molar-refractivity contribution is 5.45. The van der Waals surface area contributed by atoms with Crippen molar-refractivity contribution in [2.75, 3.05) is 11.1 Å². The standard InChI is InChI=1S/C10H18N4/c1-6(2)8(4)13-9-7(3)5-12-10(11)14-9/h5-6,8H,1-4H3,(H3,11,12,13,14). The highest BCUT2D eigenvalue weighted by Crippen LogP contribution is 2.14. The van der Waals surface area contributed by atoms with Gasteiger partial charge in [-0.2, -0.15) is 4.98 Å². The zero-order chi connectivity index (χ0) is 10.7. The molecule has 1 unspecified atom stereocenters. The Bertz CT molecular complexity index is 309. The fourth-order valence-electron chi connectivity index (χ4n) is 0.984. The summed E-state index contributed by atoms with van der Waals surface area (Å²) in [6.45, 7) is 8.42. The molecule has 0 saturated carbocycles. The van der Waals surface area contributed by atoms with E-state index in [1.54, 1.807) is 6.20 Å². The quantitative estimate of drug-likeness (QED) is 0.770. The molecular formula is C10H18N4. The van der Waals surface area contributed by atoms with Crippen LogP contribution in [-0.2, 0) is 0 Å². The largest absolute Gasteiger partial charge is 0.368 e. The lowest BCUT2D eigenvalue weighted by Crippen LogP contribution is -2.23. The topological polar surface area (TPSA) is 63.8 Å². The van der Waals surface area contributed by atoms with E-state index in [1.165, 1.54) is 0 Å². The summed E-state index contributed by atoms with van der Waals surface area (Å²) in [4.78, 5) is 8.07. The number of aromatic nitrogens is 2. The predicted molar refractivity (Wildman–Crippen MR) is 59.1 cm³/mol. The van der Waals surface area contributed by atoms with Crippen LogP contribution in [0.25, 0.3) is 0 Å². The first kappa shape index (κ1) is 10.8. The molecule has 0 aliphatic rings. The summed E-state index contributed by atoms with van der Waals surface area (Å²) in [5.41, 5.74) is 6.54. The van der Waals surface area contributed by atoms with E-state index in [1.807, 2.05) is 6.92 Å². The van der Waals surface area contributed by atoms with Crippen LogP contribution < -0.4 is 11.1 Å². The average Bonchev–Trinajstić information content (AvgIpc) is 2.11. The fraction of sp³-hybridized carbons (Fsp3) is 0.600. The normalized spacial score (nSPS) is 12.9. The van der Waals surface area contributed by atoms with Gasteiger partial charge in [0, 0.05) is 17.8 Å². The van der Waals surface area contributed by atoms with Gasteiger partial charge >= 0.3 is 0 Å². The Morgan fingerprint density at radius 3 is 2.57 bits per heavy atom. The number of hydrogen-bond donors (Lipinski definition) is 2. The maximum atomic E-state index is 5.52. The summed E-state index contributed by atoms with van der Waals surface area (Å²) in [7, 11) is 0. The molecule has 0 aliphatic heterocycles. The van der Waals surface area contributed by atoms with Crippen LogP contribution in [0.1, 0.15) is 26.3 Å². The lowest BCUT2D eigenvalue weighted by Gasteiger charge is -2.19. The number of nitrogens with two attached hydrogens (primary N) is 1. The van der Waals surface area contributed by atoms with Crippen LogP contribution in [0.3, 0.4) is 0 Å². The van der Waals surface area contributed by atoms with Crippen LogP contribution in [0.2, 0.25) is 0 Å². The van der Waals surface area contributed by atoms with E-state index in [0.29, 0.717) is 17.9 Å². The van der Waals surface area contributed by atoms with Crippen LogP contribution in [0.15, 0.2) is 6.20 Å². The maximum absolute atomic E-state index is 5.52. The van der Waals surface area contributed by atoms with E-state index in [4.69, 9.17) is 5.73 Å². The molecule has 0 spiro atoms. The van der Waals surface area contributed by atoms with Gasteiger partial charge in [0.05, 0.1) is 0 Å². The molecule has 0 saturated heterocycles. The Kier molecular flexibility index (Phi) is 3.28. The van der Waals surface area contributed by atoms with Gasteiger partial charge in [-0.25, -0.2) is 4.98 Å². The number of rotatable bonds is 3. The van der Waals surface area contributed by atoms with E-state index in [0.717, 1.165) is 11.4 Å². The predicted octanol–water partition coefficient (Wildman–Crippen LogP) is 1.82. The van der Waals surface area contributed by atoms with Crippen LogP contribution in [0, 0.1) is 12.8 Å². The molecule has 3 N–H and O–H groups in total. The van der Waals surface area contributed by atoms with Crippen molar-refractivity contribution in [2.45, 2.75) is 33.7 Å². The molecule has 1 heterocycles. The van der Waals surface area contributed by atoms with Gasteiger partial charge in [-0.05, 0) is 19.8 Å². The van der Waals surface area contributed by atoms with Crippen molar-refractivity contribution < 1.29 is 0 Å². The van der Waals surface area contributed by atoms with Crippen molar-refractivity contribution in [2.24, 2.45) is 5.92 Å². The minimum Gasteiger partial charge on any atom is -0.368 e. The van der Waals surface area contributed by atoms with Crippen molar-refractivity contribution in [3.63, 3.8) is 0 Å². The summed E-state index contributed by atoms with van der Waals surface area (Å²) < 4.78 is 0. The summed E-state index contributed by atoms with van der Waals surface area (Å²) in [5.74, 6) is 1.71. The first-order chi connectivity index (χ1) is 6.50. The molecule has 0 bridgehead atoms. The molecule has 1 atom stereocenters. The molecule has 1 rings (SSSR count). The molecule has 1 aromatic heterocycles. The second-order valence-electron chi connectivity index (χ2n) is 3.94. The second-order valence-corrected chi connectivity index (χ2v) is 3.94. The lowest BCUT2D eigenvalue weighted by atomic mass is 10.1. The van der Waals surface area contributed by atoms with Crippen LogP contribution in [0.4, 0.5) is 11.8 Å². The number of nitrogen functional groups attached to an aromatic ring is 1. The van der Waals surface area contributed by atoms with Gasteiger partial charge in [0.1, 0.15) is 5.82 Å². The minimum absolute atomic E-state index is 0.314. The van der Waals surface area contributed by atoms with Crippen molar-refractivity contribution in [1.82, 2.24) is 9.97 Å². The summed E-state index contributed by atoms with van der Waals surface area (Å²) in [5, 5.41) is 3.32. The summed E-state index contributed by atoms with van der Waals surface area (Å²) in [6.07, 6.45) is 1.73. The van der Waals surface area contributed by atoms with Gasteiger partial charge in [0.15, 0.2) is 0 Å². The van der Waals surface area contributed by atoms with Gasteiger partial charge in [0.2, 0.25) is 5.95 Å². The third-order valence-electron chi connectivity index (χ3n) is 2.35. The van der Waals surface area contributed by atoms with E-state index in [9.17, 15) is 0 Å². The molecule has 4 nitrogen and oxygen atoms in total. The van der Waals surface area contributed by atoms with E-state index in [-0.39, 0.29) is 0 Å². The van der Waals surface area contributed by atoms with E-state index >= 15 is 0 Å². The van der Waals surface area contributed by atoms with Crippen molar-refractivity contribution in [1.29, 1.82) is 0 Å². The molecule has 0 aromatic carbocycles. The number of nitrogens with zero attached hydrogens (tertiary/aromatic N) is 2. The lowest BCUT2D eigenvalue weighted by molar-refractivity contribution is 0.558. The van der Waals surface area contributed by atoms with Crippen LogP contribution >= 0.6 is 0 Å². The van der Waals surface area contributed by atoms with Gasteiger partial charge < -0.3 is 11.1 Å². The monoisotopic (exact) mass is 194 g/mol. The number of aryl methyl sites for hydroxylation is 1. The van der Waals surface area contributed by atoms with Gasteiger partial charge in [-0.3, -0.25) is 0 Å².